The molecule has 4 atom stereocenters. The van der Waals surface area contributed by atoms with Crippen molar-refractivity contribution in [1.82, 2.24) is 5.32 Å². The summed E-state index contributed by atoms with van der Waals surface area (Å²) in [7, 11) is 0. The Morgan fingerprint density at radius 1 is 1.12 bits per heavy atom. The number of amides is 2. The van der Waals surface area contributed by atoms with Crippen LogP contribution in [0.2, 0.25) is 0 Å². The number of anilines is 1. The molecule has 2 saturated carbocycles. The Balaban J connectivity index is 1.41. The quantitative estimate of drug-likeness (QED) is 0.874. The molecule has 5 nitrogen and oxygen atoms in total. The zero-order valence-corrected chi connectivity index (χ0v) is 15.4. The van der Waals surface area contributed by atoms with Crippen LogP contribution in [0.4, 0.5) is 5.69 Å². The number of hydrogen-bond donors (Lipinski definition) is 2. The predicted octanol–water partition coefficient (Wildman–Crippen LogP) is 2.45. The normalized spacial score (nSPS) is 36.8. The molecule has 1 heterocycles. The molecule has 0 spiro atoms. The molecule has 26 heavy (non-hydrogen) atoms. The van der Waals surface area contributed by atoms with Gasteiger partial charge in [0.2, 0.25) is 11.8 Å². The molecule has 2 amide bonds. The molecule has 3 N–H and O–H groups in total. The Morgan fingerprint density at radius 3 is 2.42 bits per heavy atom. The zero-order valence-electron chi connectivity index (χ0n) is 15.4. The number of carbonyl (C=O) groups excluding carboxylic acids is 2. The molecule has 1 saturated heterocycles. The van der Waals surface area contributed by atoms with Crippen molar-refractivity contribution in [3.8, 4) is 0 Å². The van der Waals surface area contributed by atoms with E-state index in [1.807, 2.05) is 42.2 Å². The standard InChI is InChI=1S/C21H29N3O2/c1-13-10-18(21(26)24(13)17-8-3-2-4-9-17)23-20(25)16-11-14-6-5-7-15(12-16)19(14)22/h2-4,8-9,13-16,18-19H,5-7,10-12,22H2,1H3,(H,23,25). The number of benzene rings is 1. The van der Waals surface area contributed by atoms with Crippen LogP contribution in [0, 0.1) is 17.8 Å². The molecule has 0 radical (unpaired) electrons. The average molecular weight is 355 g/mol. The van der Waals surface area contributed by atoms with Gasteiger partial charge in [-0.25, -0.2) is 0 Å². The van der Waals surface area contributed by atoms with E-state index in [0.717, 1.165) is 31.4 Å². The minimum atomic E-state index is -0.409. The van der Waals surface area contributed by atoms with Crippen molar-refractivity contribution < 1.29 is 9.59 Å². The fourth-order valence-corrected chi connectivity index (χ4v) is 5.32. The molecule has 1 aromatic carbocycles. The van der Waals surface area contributed by atoms with Crippen molar-refractivity contribution in [3.05, 3.63) is 30.3 Å². The zero-order chi connectivity index (χ0) is 18.3. The van der Waals surface area contributed by atoms with Gasteiger partial charge in [0, 0.05) is 23.7 Å². The van der Waals surface area contributed by atoms with Gasteiger partial charge in [-0.3, -0.25) is 9.59 Å². The summed E-state index contributed by atoms with van der Waals surface area (Å²) >= 11 is 0. The summed E-state index contributed by atoms with van der Waals surface area (Å²) in [5, 5.41) is 3.06. The second-order valence-electron chi connectivity index (χ2n) is 8.39. The SMILES string of the molecule is CC1CC(NC(=O)C2CC3CCCC(C2)C3N)C(=O)N1c1ccccc1. The number of nitrogens with zero attached hydrogens (tertiary/aromatic N) is 1. The van der Waals surface area contributed by atoms with Crippen molar-refractivity contribution in [2.24, 2.45) is 23.5 Å². The Kier molecular flexibility index (Phi) is 4.74. The van der Waals surface area contributed by atoms with Crippen LogP contribution in [0.5, 0.6) is 0 Å². The summed E-state index contributed by atoms with van der Waals surface area (Å²) in [6.45, 7) is 2.04. The maximum absolute atomic E-state index is 12.9. The largest absolute Gasteiger partial charge is 0.344 e. The molecule has 5 heteroatoms. The number of rotatable bonds is 3. The van der Waals surface area contributed by atoms with Crippen LogP contribution >= 0.6 is 0 Å². The molecular formula is C21H29N3O2. The Hall–Kier alpha value is -1.88. The van der Waals surface area contributed by atoms with E-state index in [-0.39, 0.29) is 29.8 Å². The molecule has 2 aliphatic carbocycles. The van der Waals surface area contributed by atoms with Gasteiger partial charge in [0.25, 0.3) is 0 Å². The van der Waals surface area contributed by atoms with Gasteiger partial charge >= 0.3 is 0 Å². The van der Waals surface area contributed by atoms with Gasteiger partial charge in [-0.15, -0.1) is 0 Å². The van der Waals surface area contributed by atoms with Crippen molar-refractivity contribution >= 4 is 17.5 Å². The van der Waals surface area contributed by atoms with Gasteiger partial charge in [-0.1, -0.05) is 24.6 Å². The lowest BCUT2D eigenvalue weighted by Crippen LogP contribution is -2.51. The van der Waals surface area contributed by atoms with E-state index in [0.29, 0.717) is 18.3 Å². The van der Waals surface area contributed by atoms with Gasteiger partial charge < -0.3 is 16.0 Å². The second kappa shape index (κ2) is 7.03. The van der Waals surface area contributed by atoms with Gasteiger partial charge in [0.15, 0.2) is 0 Å². The van der Waals surface area contributed by atoms with Crippen LogP contribution in [0.1, 0.15) is 45.4 Å². The van der Waals surface area contributed by atoms with Crippen LogP contribution in [0.3, 0.4) is 0 Å². The van der Waals surface area contributed by atoms with E-state index in [1.165, 1.54) is 6.42 Å². The number of nitrogens with one attached hydrogen (secondary N) is 1. The molecule has 1 aromatic rings. The number of hydrogen-bond acceptors (Lipinski definition) is 3. The molecule has 140 valence electrons. The molecule has 4 rings (SSSR count). The first kappa shape index (κ1) is 17.5. The van der Waals surface area contributed by atoms with Crippen LogP contribution in [0.25, 0.3) is 0 Å². The van der Waals surface area contributed by atoms with Gasteiger partial charge in [0.05, 0.1) is 0 Å². The first-order valence-corrected chi connectivity index (χ1v) is 9.98. The summed E-state index contributed by atoms with van der Waals surface area (Å²) in [5.41, 5.74) is 7.24. The third kappa shape index (κ3) is 3.13. The lowest BCUT2D eigenvalue weighted by molar-refractivity contribution is -0.131. The van der Waals surface area contributed by atoms with Crippen molar-refractivity contribution in [2.45, 2.75) is 63.6 Å². The maximum Gasteiger partial charge on any atom is 0.249 e. The fourth-order valence-electron chi connectivity index (χ4n) is 5.32. The minimum Gasteiger partial charge on any atom is -0.344 e. The van der Waals surface area contributed by atoms with Crippen molar-refractivity contribution in [1.29, 1.82) is 0 Å². The smallest absolute Gasteiger partial charge is 0.249 e. The Bertz CT molecular complexity index is 663. The summed E-state index contributed by atoms with van der Waals surface area (Å²) in [6, 6.07) is 9.65. The molecule has 2 bridgehead atoms. The van der Waals surface area contributed by atoms with E-state index >= 15 is 0 Å². The number of nitrogens with two attached hydrogens (primary N) is 1. The van der Waals surface area contributed by atoms with Crippen LogP contribution < -0.4 is 16.0 Å². The van der Waals surface area contributed by atoms with Crippen LogP contribution in [-0.2, 0) is 9.59 Å². The predicted molar refractivity (Wildman–Crippen MR) is 101 cm³/mol. The first-order valence-electron chi connectivity index (χ1n) is 9.98. The van der Waals surface area contributed by atoms with E-state index in [9.17, 15) is 9.59 Å². The molecule has 3 fully saturated rings. The highest BCUT2D eigenvalue weighted by atomic mass is 16.2. The lowest BCUT2D eigenvalue weighted by atomic mass is 9.65. The van der Waals surface area contributed by atoms with Crippen LogP contribution in [0.15, 0.2) is 30.3 Å². The summed E-state index contributed by atoms with van der Waals surface area (Å²) < 4.78 is 0. The molecule has 0 aromatic heterocycles. The van der Waals surface area contributed by atoms with Crippen molar-refractivity contribution in [3.63, 3.8) is 0 Å². The van der Waals surface area contributed by atoms with Gasteiger partial charge in [0.1, 0.15) is 6.04 Å². The summed E-state index contributed by atoms with van der Waals surface area (Å²) in [6.07, 6.45) is 5.94. The topological polar surface area (TPSA) is 75.4 Å². The van der Waals surface area contributed by atoms with Crippen molar-refractivity contribution in [2.75, 3.05) is 4.90 Å². The number of fused-ring (bicyclic) bond motifs is 2. The highest BCUT2D eigenvalue weighted by Crippen LogP contribution is 2.42. The number of carbonyl (C=O) groups is 2. The van der Waals surface area contributed by atoms with E-state index in [4.69, 9.17) is 5.73 Å². The van der Waals surface area contributed by atoms with Gasteiger partial charge in [-0.2, -0.15) is 0 Å². The third-order valence-electron chi connectivity index (χ3n) is 6.69. The van der Waals surface area contributed by atoms with E-state index in [2.05, 4.69) is 5.32 Å². The molecule has 4 unspecified atom stereocenters. The van der Waals surface area contributed by atoms with E-state index in [1.54, 1.807) is 0 Å². The van der Waals surface area contributed by atoms with Crippen LogP contribution in [-0.4, -0.2) is 29.9 Å². The lowest BCUT2D eigenvalue weighted by Gasteiger charge is -2.43. The second-order valence-corrected chi connectivity index (χ2v) is 8.39. The maximum atomic E-state index is 12.9. The summed E-state index contributed by atoms with van der Waals surface area (Å²) in [5.74, 6) is 1.01. The number of para-hydroxylation sites is 1. The fraction of sp³-hybridized carbons (Fsp3) is 0.619. The summed E-state index contributed by atoms with van der Waals surface area (Å²) in [4.78, 5) is 27.6. The Morgan fingerprint density at radius 2 is 1.77 bits per heavy atom. The first-order chi connectivity index (χ1) is 12.5. The molecule has 3 aliphatic rings. The highest BCUT2D eigenvalue weighted by Gasteiger charge is 2.43. The average Bonchev–Trinajstić information content (AvgIpc) is 2.89. The Labute approximate surface area is 155 Å². The third-order valence-corrected chi connectivity index (χ3v) is 6.69. The molecule has 1 aliphatic heterocycles. The van der Waals surface area contributed by atoms with E-state index < -0.39 is 6.04 Å². The van der Waals surface area contributed by atoms with Gasteiger partial charge in [-0.05, 0) is 63.0 Å². The minimum absolute atomic E-state index is 0.00440. The monoisotopic (exact) mass is 355 g/mol. The molecular weight excluding hydrogens is 326 g/mol. The highest BCUT2D eigenvalue weighted by molar-refractivity contribution is 6.02.